The Labute approximate surface area is 83.4 Å². The van der Waals surface area contributed by atoms with Crippen molar-refractivity contribution in [1.29, 1.82) is 0 Å². The number of quaternary nitrogens is 1. The van der Waals surface area contributed by atoms with Crippen LogP contribution >= 0.6 is 0 Å². The lowest BCUT2D eigenvalue weighted by Crippen LogP contribution is -1.90. The molecule has 10 nitrogen and oxygen atoms in total. The Hall–Kier alpha value is -0.193. The summed E-state index contributed by atoms with van der Waals surface area (Å²) < 4.78 is 74.1. The summed E-state index contributed by atoms with van der Waals surface area (Å²) in [5.74, 6) is 0. The normalized spacial score (nSPS) is 8.93. The van der Waals surface area contributed by atoms with E-state index in [2.05, 4.69) is 0 Å². The smallest absolute Gasteiger partial charge is 0.394 e. The second-order valence-electron chi connectivity index (χ2n) is 0.876. The SMILES string of the molecule is F[SiH3].N.O=S(=O)(O)O.O=S(=O)([O-])O.[NH4+]. The lowest BCUT2D eigenvalue weighted by atomic mass is 14.0. The molecule has 14 heavy (non-hydrogen) atoms. The minimum absolute atomic E-state index is 0. The molecule has 0 saturated carbocycles. The van der Waals surface area contributed by atoms with Gasteiger partial charge in [0, 0.05) is 0 Å². The van der Waals surface area contributed by atoms with E-state index in [0.717, 1.165) is 0 Å². The van der Waals surface area contributed by atoms with Gasteiger partial charge in [-0.15, -0.1) is 0 Å². The van der Waals surface area contributed by atoms with Crippen molar-refractivity contribution in [3.63, 3.8) is 0 Å². The summed E-state index contributed by atoms with van der Waals surface area (Å²) in [6, 6.07) is 0. The topological polar surface area (TPSA) is 224 Å². The maximum absolute atomic E-state index is 9.64. The Bertz CT molecular complexity index is 222. The monoisotopic (exact) mass is 280 g/mol. The van der Waals surface area contributed by atoms with Crippen LogP contribution in [0.5, 0.6) is 0 Å². The van der Waals surface area contributed by atoms with Gasteiger partial charge < -0.3 is 21.0 Å². The van der Waals surface area contributed by atoms with Crippen LogP contribution in [0.25, 0.3) is 0 Å². The van der Waals surface area contributed by atoms with Gasteiger partial charge in [-0.25, -0.2) is 8.42 Å². The Morgan fingerprint density at radius 3 is 1.00 bits per heavy atom. The first-order valence-electron chi connectivity index (χ1n) is 1.76. The van der Waals surface area contributed by atoms with Crippen LogP contribution in [0.1, 0.15) is 0 Å². The number of hydrogen-bond donors (Lipinski definition) is 5. The van der Waals surface area contributed by atoms with Crippen LogP contribution in [0.4, 0.5) is 4.11 Å². The molecule has 14 heteroatoms. The van der Waals surface area contributed by atoms with Gasteiger partial charge in [-0.05, 0) is 0 Å². The van der Waals surface area contributed by atoms with E-state index in [4.69, 9.17) is 35.0 Å². The summed E-state index contributed by atoms with van der Waals surface area (Å²) in [6.07, 6.45) is 0. The average Bonchev–Trinajstić information content (AvgIpc) is 1.59. The molecule has 0 spiro atoms. The average molecular weight is 280 g/mol. The van der Waals surface area contributed by atoms with Crippen molar-refractivity contribution in [2.24, 2.45) is 0 Å². The molecule has 94 valence electrons. The molecule has 0 aromatic heterocycles. The second kappa shape index (κ2) is 12.8. The molecule has 0 bridgehead atoms. The van der Waals surface area contributed by atoms with Gasteiger partial charge in [-0.1, -0.05) is 0 Å². The van der Waals surface area contributed by atoms with Crippen molar-refractivity contribution in [2.45, 2.75) is 0 Å². The minimum atomic E-state index is -4.92. The zero-order valence-corrected chi connectivity index (χ0v) is 10.9. The summed E-state index contributed by atoms with van der Waals surface area (Å²) in [5, 5.41) is 0. The molecule has 0 saturated heterocycles. The summed E-state index contributed by atoms with van der Waals surface area (Å²) >= 11 is 0. The summed E-state index contributed by atoms with van der Waals surface area (Å²) in [5.41, 5.74) is 0. The van der Waals surface area contributed by atoms with Crippen LogP contribution < -0.4 is 12.3 Å². The van der Waals surface area contributed by atoms with E-state index in [1.807, 2.05) is 0 Å². The van der Waals surface area contributed by atoms with E-state index in [-0.39, 0.29) is 22.9 Å². The Morgan fingerprint density at radius 1 is 1.00 bits per heavy atom. The van der Waals surface area contributed by atoms with Crippen molar-refractivity contribution < 1.29 is 39.2 Å². The highest BCUT2D eigenvalue weighted by Crippen LogP contribution is 1.59. The van der Waals surface area contributed by atoms with Crippen molar-refractivity contribution in [2.75, 3.05) is 0 Å². The predicted molar refractivity (Wildman–Crippen MR) is 48.6 cm³/mol. The fourth-order valence-electron chi connectivity index (χ4n) is 0. The molecule has 0 fully saturated rings. The summed E-state index contributed by atoms with van der Waals surface area (Å²) in [7, 11) is -9.78. The minimum Gasteiger partial charge on any atom is -0.726 e. The van der Waals surface area contributed by atoms with Gasteiger partial charge in [0.15, 0.2) is 0 Å². The largest absolute Gasteiger partial charge is 0.726 e. The van der Waals surface area contributed by atoms with Gasteiger partial charge >= 0.3 is 10.4 Å². The van der Waals surface area contributed by atoms with E-state index in [1.54, 1.807) is 0 Å². The van der Waals surface area contributed by atoms with Crippen LogP contribution in [0.2, 0.25) is 0 Å². The summed E-state index contributed by atoms with van der Waals surface area (Å²) in [6.45, 7) is 0. The Balaban J connectivity index is -0.0000000292. The highest BCUT2D eigenvalue weighted by Gasteiger charge is 1.84. The van der Waals surface area contributed by atoms with Crippen molar-refractivity contribution in [3.8, 4) is 0 Å². The zero-order valence-electron chi connectivity index (χ0n) is 7.28. The predicted octanol–water partition coefficient (Wildman–Crippen LogP) is -1.87. The molecule has 0 atom stereocenters. The number of halogens is 1. The van der Waals surface area contributed by atoms with Crippen LogP contribution in [-0.2, 0) is 20.8 Å². The third-order valence-corrected chi connectivity index (χ3v) is 0. The molecule has 0 heterocycles. The van der Waals surface area contributed by atoms with Gasteiger partial charge in [0.2, 0.25) is 21.0 Å². The Morgan fingerprint density at radius 2 is 1.00 bits per heavy atom. The first kappa shape index (κ1) is 29.2. The lowest BCUT2D eigenvalue weighted by Gasteiger charge is -1.88. The van der Waals surface area contributed by atoms with Gasteiger partial charge in [0.05, 0.1) is 0 Å². The van der Waals surface area contributed by atoms with Crippen LogP contribution in [0, 0.1) is 0 Å². The standard InChI is InChI=1S/FH3Si.2H3N.2H2O4S/c1-2;;;2*1-5(2,3)4/h2H3;2*1H3;2*(H2,1,2,3,4). The third kappa shape index (κ3) is 37000. The molecule has 0 aliphatic heterocycles. The van der Waals surface area contributed by atoms with Crippen molar-refractivity contribution in [3.05, 3.63) is 0 Å². The first-order chi connectivity index (χ1) is 5.00. The molecule has 0 aromatic carbocycles. The molecule has 0 aliphatic rings. The van der Waals surface area contributed by atoms with Gasteiger partial charge in [0.1, 0.15) is 0 Å². The molecule has 0 rings (SSSR count). The number of rotatable bonds is 0. The molecular formula is H13FN2O8S2Si. The molecule has 0 unspecified atom stereocenters. The quantitative estimate of drug-likeness (QED) is 0.145. The van der Waals surface area contributed by atoms with Gasteiger partial charge in [0.25, 0.3) is 0 Å². The molecule has 0 aliphatic carbocycles. The first-order valence-corrected chi connectivity index (χ1v) is 5.28. The molecular weight excluding hydrogens is 267 g/mol. The zero-order chi connectivity index (χ0) is 11.0. The Kier molecular flexibility index (Phi) is 26.7. The second-order valence-corrected chi connectivity index (χ2v) is 2.63. The van der Waals surface area contributed by atoms with Crippen LogP contribution in [0.3, 0.4) is 0 Å². The maximum atomic E-state index is 9.64. The van der Waals surface area contributed by atoms with E-state index in [9.17, 15) is 4.11 Å². The van der Waals surface area contributed by atoms with Crippen LogP contribution in [0.15, 0.2) is 0 Å². The van der Waals surface area contributed by atoms with E-state index < -0.39 is 20.8 Å². The van der Waals surface area contributed by atoms with Crippen LogP contribution in [-0.4, -0.2) is 45.6 Å². The van der Waals surface area contributed by atoms with E-state index >= 15 is 0 Å². The maximum Gasteiger partial charge on any atom is 0.394 e. The highest BCUT2D eigenvalue weighted by molar-refractivity contribution is 7.80. The van der Waals surface area contributed by atoms with E-state index in [0.29, 0.717) is 0 Å². The molecule has 0 amide bonds. The third-order valence-electron chi connectivity index (χ3n) is 0. The van der Waals surface area contributed by atoms with Crippen molar-refractivity contribution in [1.82, 2.24) is 12.3 Å². The van der Waals surface area contributed by atoms with E-state index in [1.165, 1.54) is 0 Å². The molecule has 0 aromatic rings. The number of hydrogen-bond acceptors (Lipinski definition) is 6. The highest BCUT2D eigenvalue weighted by atomic mass is 32.3. The van der Waals surface area contributed by atoms with Gasteiger partial charge in [-0.2, -0.15) is 8.42 Å². The fraction of sp³-hybridized carbons (Fsp3) is 0. The molecule has 10 N–H and O–H groups in total. The van der Waals surface area contributed by atoms with Crippen molar-refractivity contribution >= 4 is 31.4 Å². The summed E-state index contributed by atoms with van der Waals surface area (Å²) in [4.78, 5) is 0. The molecule has 0 radical (unpaired) electrons. The fourth-order valence-corrected chi connectivity index (χ4v) is 0. The lowest BCUT2D eigenvalue weighted by molar-refractivity contribution is 0.366. The van der Waals surface area contributed by atoms with Gasteiger partial charge in [-0.3, -0.25) is 13.7 Å².